The first-order valence-corrected chi connectivity index (χ1v) is 15.1. The number of nitrogens with zero attached hydrogens (tertiary/aromatic N) is 2. The molecule has 0 aliphatic heterocycles. The maximum absolute atomic E-state index is 13.6. The number of carboxylic acid groups (broad SMARTS) is 1. The minimum atomic E-state index is -4.75. The van der Waals surface area contributed by atoms with E-state index in [2.05, 4.69) is 47.1 Å². The lowest BCUT2D eigenvalue weighted by molar-refractivity contribution is -0.138. The van der Waals surface area contributed by atoms with Crippen LogP contribution in [0.4, 0.5) is 23.7 Å². The first-order valence-electron chi connectivity index (χ1n) is 13.6. The summed E-state index contributed by atoms with van der Waals surface area (Å²) in [5.41, 5.74) is -0.509. The molecule has 2 aromatic rings. The summed E-state index contributed by atoms with van der Waals surface area (Å²) in [6.45, 7) is 4.63. The minimum Gasteiger partial charge on any atom is -0.481 e. The number of hydrogen-bond donors (Lipinski definition) is 3. The number of nitriles is 1. The molecule has 0 spiro atoms. The molecule has 1 saturated carbocycles. The van der Waals surface area contributed by atoms with Gasteiger partial charge in [-0.15, -0.1) is 0 Å². The molecule has 3 rings (SSSR count). The Bertz CT molecular complexity index is 1320. The quantitative estimate of drug-likeness (QED) is 0.186. The number of halogens is 4. The van der Waals surface area contributed by atoms with Crippen LogP contribution in [0.1, 0.15) is 73.0 Å². The van der Waals surface area contributed by atoms with Crippen molar-refractivity contribution in [2.45, 2.75) is 64.7 Å². The van der Waals surface area contributed by atoms with Crippen molar-refractivity contribution in [3.05, 3.63) is 64.7 Å². The van der Waals surface area contributed by atoms with Crippen LogP contribution in [0.5, 0.6) is 0 Å². The molecule has 3 N–H and O–H groups in total. The molecule has 226 valence electrons. The summed E-state index contributed by atoms with van der Waals surface area (Å²) in [6.07, 6.45) is -1.65. The van der Waals surface area contributed by atoms with Gasteiger partial charge in [0.2, 0.25) is 0 Å². The third kappa shape index (κ3) is 8.83. The van der Waals surface area contributed by atoms with E-state index in [4.69, 9.17) is 10.4 Å². The maximum Gasteiger partial charge on any atom is 0.417 e. The second-order valence-electron chi connectivity index (χ2n) is 11.2. The van der Waals surface area contributed by atoms with E-state index in [1.807, 2.05) is 0 Å². The molecule has 2 aromatic carbocycles. The Kier molecular flexibility index (Phi) is 11.2. The number of carboxylic acids is 1. The lowest BCUT2D eigenvalue weighted by Crippen LogP contribution is -2.45. The average molecular weight is 699 g/mol. The van der Waals surface area contributed by atoms with Gasteiger partial charge in [0.25, 0.3) is 5.91 Å². The van der Waals surface area contributed by atoms with Crippen LogP contribution in [-0.2, 0) is 17.5 Å². The highest BCUT2D eigenvalue weighted by Crippen LogP contribution is 2.41. The van der Waals surface area contributed by atoms with E-state index in [9.17, 15) is 27.6 Å². The second kappa shape index (κ2) is 14.2. The van der Waals surface area contributed by atoms with Crippen LogP contribution in [0.15, 0.2) is 42.5 Å². The van der Waals surface area contributed by atoms with Gasteiger partial charge in [-0.1, -0.05) is 48.6 Å². The van der Waals surface area contributed by atoms with Gasteiger partial charge in [0.15, 0.2) is 0 Å². The molecule has 0 bridgehead atoms. The smallest absolute Gasteiger partial charge is 0.417 e. The summed E-state index contributed by atoms with van der Waals surface area (Å²) >= 11 is 2.39. The van der Waals surface area contributed by atoms with Crippen molar-refractivity contribution >= 4 is 46.2 Å². The number of hydrogen-bond acceptors (Lipinski definition) is 4. The molecule has 0 heterocycles. The number of benzene rings is 2. The van der Waals surface area contributed by atoms with Crippen molar-refractivity contribution in [2.75, 3.05) is 16.3 Å². The maximum atomic E-state index is 13.6. The van der Waals surface area contributed by atoms with Gasteiger partial charge in [-0.05, 0) is 72.9 Å². The highest BCUT2D eigenvalue weighted by atomic mass is 127. The number of nitrogens with one attached hydrogen (secondary N) is 2. The molecular formula is C30H34F3IN4O4. The number of carbonyl (C=O) groups excluding carboxylic acids is 2. The van der Waals surface area contributed by atoms with Crippen molar-refractivity contribution in [1.82, 2.24) is 10.2 Å². The van der Waals surface area contributed by atoms with E-state index in [1.54, 1.807) is 35.2 Å². The molecule has 1 fully saturated rings. The minimum absolute atomic E-state index is 0.00763. The Hall–Kier alpha value is -3.34. The fourth-order valence-corrected chi connectivity index (χ4v) is 5.76. The summed E-state index contributed by atoms with van der Waals surface area (Å²) in [5, 5.41) is 23.0. The zero-order chi connectivity index (χ0) is 31.1. The molecule has 3 amide bonds. The fraction of sp³-hybridized carbons (Fsp3) is 0.467. The van der Waals surface area contributed by atoms with Crippen molar-refractivity contribution in [2.24, 2.45) is 11.3 Å². The topological polar surface area (TPSA) is 123 Å². The van der Waals surface area contributed by atoms with Crippen molar-refractivity contribution in [3.8, 4) is 6.07 Å². The van der Waals surface area contributed by atoms with Crippen LogP contribution in [0.25, 0.3) is 0 Å². The van der Waals surface area contributed by atoms with Gasteiger partial charge in [-0.2, -0.15) is 18.4 Å². The Morgan fingerprint density at radius 1 is 1.07 bits per heavy atom. The lowest BCUT2D eigenvalue weighted by atomic mass is 9.71. The summed E-state index contributed by atoms with van der Waals surface area (Å²) in [7, 11) is 0. The standard InChI is InChI=1S/C30H34F3IN4O4/c1-29(2,18-34)22-8-11-24(12-9-22)38(17-19-3-5-20(6-4-19)27(41)36-14-13-26(39)40)28(42)37-23-10-7-21(16-35)25(15-23)30(31,32)33/h3-7,10,15,22,24H,8-9,11-14,17-18H2,1-2H3,(H,36,41)(H,37,42)(H,39,40). The van der Waals surface area contributed by atoms with E-state index < -0.39 is 35.2 Å². The first kappa shape index (κ1) is 33.2. The van der Waals surface area contributed by atoms with Gasteiger partial charge in [0.05, 0.1) is 23.6 Å². The van der Waals surface area contributed by atoms with E-state index >= 15 is 0 Å². The molecule has 0 unspecified atom stereocenters. The molecule has 42 heavy (non-hydrogen) atoms. The van der Waals surface area contributed by atoms with Gasteiger partial charge in [-0.25, -0.2) is 4.79 Å². The Labute approximate surface area is 256 Å². The Balaban J connectivity index is 1.81. The van der Waals surface area contributed by atoms with Crippen LogP contribution < -0.4 is 10.6 Å². The molecule has 0 radical (unpaired) electrons. The number of urea groups is 1. The third-order valence-corrected chi connectivity index (χ3v) is 9.70. The van der Waals surface area contributed by atoms with Crippen molar-refractivity contribution < 1.29 is 32.7 Å². The van der Waals surface area contributed by atoms with Gasteiger partial charge < -0.3 is 20.6 Å². The molecule has 0 aromatic heterocycles. The number of carbonyl (C=O) groups is 3. The van der Waals surface area contributed by atoms with Crippen molar-refractivity contribution in [3.63, 3.8) is 0 Å². The highest BCUT2D eigenvalue weighted by molar-refractivity contribution is 14.1. The van der Waals surface area contributed by atoms with E-state index in [0.29, 0.717) is 11.5 Å². The summed E-state index contributed by atoms with van der Waals surface area (Å²) < 4.78 is 41.5. The normalized spacial score (nSPS) is 17.2. The lowest BCUT2D eigenvalue weighted by Gasteiger charge is -2.42. The number of aliphatic carboxylic acids is 1. The Morgan fingerprint density at radius 3 is 2.26 bits per heavy atom. The molecule has 12 heteroatoms. The van der Waals surface area contributed by atoms with Gasteiger partial charge in [-0.3, -0.25) is 9.59 Å². The number of anilines is 1. The van der Waals surface area contributed by atoms with Crippen LogP contribution >= 0.6 is 22.6 Å². The predicted molar refractivity (Wildman–Crippen MR) is 160 cm³/mol. The number of alkyl halides is 4. The summed E-state index contributed by atoms with van der Waals surface area (Å²) in [5.74, 6) is -0.955. The molecule has 8 nitrogen and oxygen atoms in total. The summed E-state index contributed by atoms with van der Waals surface area (Å²) in [6, 6.07) is 10.5. The largest absolute Gasteiger partial charge is 0.481 e. The van der Waals surface area contributed by atoms with Crippen molar-refractivity contribution in [1.29, 1.82) is 5.26 Å². The molecular weight excluding hydrogens is 664 g/mol. The van der Waals surface area contributed by atoms with Crippen LogP contribution in [0, 0.1) is 22.7 Å². The predicted octanol–water partition coefficient (Wildman–Crippen LogP) is 6.84. The van der Waals surface area contributed by atoms with Gasteiger partial charge in [0.1, 0.15) is 0 Å². The SMILES string of the molecule is CC(C)(CI)C1CCC(N(Cc2ccc(C(=O)NCCC(=O)O)cc2)C(=O)Nc2ccc(C#N)c(C(F)(F)F)c2)CC1. The van der Waals surface area contributed by atoms with Crippen LogP contribution in [0.3, 0.4) is 0 Å². The fourth-order valence-electron chi connectivity index (χ4n) is 5.14. The summed E-state index contributed by atoms with van der Waals surface area (Å²) in [4.78, 5) is 38.2. The third-order valence-electron chi connectivity index (χ3n) is 7.74. The zero-order valence-electron chi connectivity index (χ0n) is 23.4. The molecule has 1 aliphatic carbocycles. The monoisotopic (exact) mass is 698 g/mol. The molecule has 0 saturated heterocycles. The van der Waals surface area contributed by atoms with E-state index in [0.717, 1.165) is 47.8 Å². The Morgan fingerprint density at radius 2 is 1.71 bits per heavy atom. The van der Waals surface area contributed by atoms with Crippen LogP contribution in [-0.4, -0.2) is 44.9 Å². The number of rotatable bonds is 10. The van der Waals surface area contributed by atoms with Gasteiger partial charge >= 0.3 is 18.2 Å². The van der Waals surface area contributed by atoms with E-state index in [1.165, 1.54) is 6.07 Å². The number of amides is 3. The first-order chi connectivity index (χ1) is 19.7. The highest BCUT2D eigenvalue weighted by Gasteiger charge is 2.36. The van der Waals surface area contributed by atoms with E-state index in [-0.39, 0.29) is 36.7 Å². The van der Waals surface area contributed by atoms with Gasteiger partial charge in [0, 0.05) is 34.8 Å². The average Bonchev–Trinajstić information content (AvgIpc) is 2.95. The zero-order valence-corrected chi connectivity index (χ0v) is 25.6. The van der Waals surface area contributed by atoms with Crippen LogP contribution in [0.2, 0.25) is 0 Å². The molecule has 0 atom stereocenters. The second-order valence-corrected chi connectivity index (χ2v) is 11.9. The molecule has 1 aliphatic rings.